The molecule has 0 saturated heterocycles. The molecule has 1 aromatic heterocycles. The van der Waals surface area contributed by atoms with Gasteiger partial charge in [0.05, 0.1) is 6.61 Å². The largest absolute Gasteiger partial charge is 0.380 e. The van der Waals surface area contributed by atoms with Crippen LogP contribution < -0.4 is 16.6 Å². The van der Waals surface area contributed by atoms with Crippen LogP contribution in [0.25, 0.3) is 0 Å². The quantitative estimate of drug-likeness (QED) is 0.355. The summed E-state index contributed by atoms with van der Waals surface area (Å²) < 4.78 is 5.42. The number of nitrogens with two attached hydrogens (primary N) is 1. The van der Waals surface area contributed by atoms with Gasteiger partial charge >= 0.3 is 0 Å². The monoisotopic (exact) mass is 224 g/mol. The molecule has 5 heteroatoms. The van der Waals surface area contributed by atoms with Gasteiger partial charge in [-0.3, -0.25) is 0 Å². The summed E-state index contributed by atoms with van der Waals surface area (Å²) in [4.78, 5) is 4.22. The molecule has 0 saturated carbocycles. The Labute approximate surface area is 96.4 Å². The van der Waals surface area contributed by atoms with E-state index in [1.165, 1.54) is 6.42 Å². The number of pyridine rings is 1. The van der Waals surface area contributed by atoms with Crippen molar-refractivity contribution in [2.75, 3.05) is 30.5 Å². The van der Waals surface area contributed by atoms with Gasteiger partial charge < -0.3 is 15.5 Å². The highest BCUT2D eigenvalue weighted by molar-refractivity contribution is 5.44. The van der Waals surface area contributed by atoms with E-state index in [2.05, 4.69) is 22.7 Å². The van der Waals surface area contributed by atoms with Gasteiger partial charge in [-0.1, -0.05) is 19.4 Å². The first kappa shape index (κ1) is 12.7. The Balaban J connectivity index is 2.16. The van der Waals surface area contributed by atoms with Crippen molar-refractivity contribution in [1.82, 2.24) is 4.98 Å². The lowest BCUT2D eigenvalue weighted by Crippen LogP contribution is -2.13. The summed E-state index contributed by atoms with van der Waals surface area (Å²) in [5.41, 5.74) is 2.50. The highest BCUT2D eigenvalue weighted by Gasteiger charge is 1.95. The Kier molecular flexibility index (Phi) is 6.29. The van der Waals surface area contributed by atoms with Crippen molar-refractivity contribution in [2.24, 2.45) is 5.84 Å². The van der Waals surface area contributed by atoms with E-state index in [4.69, 9.17) is 10.6 Å². The van der Waals surface area contributed by atoms with Crippen LogP contribution in [0.3, 0.4) is 0 Å². The maximum atomic E-state index is 5.42. The summed E-state index contributed by atoms with van der Waals surface area (Å²) in [6.45, 7) is 4.43. The van der Waals surface area contributed by atoms with Gasteiger partial charge in [-0.25, -0.2) is 10.8 Å². The number of rotatable bonds is 8. The third kappa shape index (κ3) is 4.95. The van der Waals surface area contributed by atoms with E-state index in [0.717, 1.165) is 25.4 Å². The number of anilines is 2. The van der Waals surface area contributed by atoms with Gasteiger partial charge in [-0.2, -0.15) is 0 Å². The lowest BCUT2D eigenvalue weighted by atomic mass is 10.4. The highest BCUT2D eigenvalue weighted by atomic mass is 16.5. The van der Waals surface area contributed by atoms with Gasteiger partial charge in [0.1, 0.15) is 11.6 Å². The molecule has 5 nitrogen and oxygen atoms in total. The molecule has 4 N–H and O–H groups in total. The van der Waals surface area contributed by atoms with E-state index >= 15 is 0 Å². The molecule has 0 fully saturated rings. The first-order valence-corrected chi connectivity index (χ1v) is 5.62. The van der Waals surface area contributed by atoms with Gasteiger partial charge in [-0.15, -0.1) is 0 Å². The number of aromatic nitrogens is 1. The number of unbranched alkanes of at least 4 members (excludes halogenated alkanes) is 1. The average Bonchev–Trinajstić information content (AvgIpc) is 2.34. The van der Waals surface area contributed by atoms with Gasteiger partial charge in [0.25, 0.3) is 0 Å². The number of hydrazine groups is 1. The van der Waals surface area contributed by atoms with Crippen molar-refractivity contribution in [3.05, 3.63) is 18.2 Å². The predicted octanol–water partition coefficient (Wildman–Crippen LogP) is 1.60. The SMILES string of the molecule is CCCCOCCNc1cccc(NN)n1. The molecule has 1 heterocycles. The molecular weight excluding hydrogens is 204 g/mol. The predicted molar refractivity (Wildman–Crippen MR) is 66.3 cm³/mol. The van der Waals surface area contributed by atoms with Gasteiger partial charge in [-0.05, 0) is 18.6 Å². The molecule has 0 radical (unpaired) electrons. The summed E-state index contributed by atoms with van der Waals surface area (Å²) in [6, 6.07) is 5.60. The molecule has 1 aromatic rings. The molecule has 0 aliphatic rings. The van der Waals surface area contributed by atoms with E-state index in [0.29, 0.717) is 12.4 Å². The maximum absolute atomic E-state index is 5.42. The fourth-order valence-corrected chi connectivity index (χ4v) is 1.21. The summed E-state index contributed by atoms with van der Waals surface area (Å²) in [5, 5.41) is 3.16. The van der Waals surface area contributed by atoms with Crippen molar-refractivity contribution in [3.63, 3.8) is 0 Å². The number of nitrogen functional groups attached to an aromatic ring is 1. The Morgan fingerprint density at radius 2 is 2.12 bits per heavy atom. The second-order valence-corrected chi connectivity index (χ2v) is 3.45. The molecule has 0 aliphatic carbocycles. The number of hydrogen-bond acceptors (Lipinski definition) is 5. The van der Waals surface area contributed by atoms with E-state index in [9.17, 15) is 0 Å². The molecule has 0 bridgehead atoms. The van der Waals surface area contributed by atoms with Gasteiger partial charge in [0.15, 0.2) is 0 Å². The summed E-state index contributed by atoms with van der Waals surface area (Å²) in [5.74, 6) is 6.71. The molecule has 0 spiro atoms. The van der Waals surface area contributed by atoms with Crippen LogP contribution in [-0.4, -0.2) is 24.7 Å². The maximum Gasteiger partial charge on any atom is 0.142 e. The van der Waals surface area contributed by atoms with Crippen molar-refractivity contribution in [3.8, 4) is 0 Å². The molecule has 90 valence electrons. The molecule has 0 amide bonds. The second-order valence-electron chi connectivity index (χ2n) is 3.45. The molecule has 1 rings (SSSR count). The van der Waals surface area contributed by atoms with Gasteiger partial charge in [0, 0.05) is 13.2 Å². The Bertz CT molecular complexity index is 293. The smallest absolute Gasteiger partial charge is 0.142 e. The Hall–Kier alpha value is -1.33. The lowest BCUT2D eigenvalue weighted by molar-refractivity contribution is 0.141. The lowest BCUT2D eigenvalue weighted by Gasteiger charge is -2.07. The number of hydrogen-bond donors (Lipinski definition) is 3. The first-order chi connectivity index (χ1) is 7.86. The van der Waals surface area contributed by atoms with E-state index in [1.807, 2.05) is 18.2 Å². The zero-order valence-corrected chi connectivity index (χ0v) is 9.70. The minimum absolute atomic E-state index is 0.650. The molecular formula is C11H20N4O. The third-order valence-electron chi connectivity index (χ3n) is 2.09. The van der Waals surface area contributed by atoms with Crippen LogP contribution in [0.15, 0.2) is 18.2 Å². The summed E-state index contributed by atoms with van der Waals surface area (Å²) >= 11 is 0. The van der Waals surface area contributed by atoms with Crippen LogP contribution >= 0.6 is 0 Å². The van der Waals surface area contributed by atoms with E-state index in [-0.39, 0.29) is 0 Å². The zero-order valence-electron chi connectivity index (χ0n) is 9.70. The molecule has 0 aliphatic heterocycles. The standard InChI is InChI=1S/C11H20N4O/c1-2-3-8-16-9-7-13-10-5-4-6-11(14-10)15-12/h4-6H,2-3,7-9,12H2,1H3,(H2,13,14,15). The number of ether oxygens (including phenoxy) is 1. The molecule has 0 unspecified atom stereocenters. The molecule has 16 heavy (non-hydrogen) atoms. The minimum Gasteiger partial charge on any atom is -0.380 e. The van der Waals surface area contributed by atoms with Crippen LogP contribution in [0.5, 0.6) is 0 Å². The summed E-state index contributed by atoms with van der Waals surface area (Å²) in [7, 11) is 0. The fourth-order valence-electron chi connectivity index (χ4n) is 1.21. The Morgan fingerprint density at radius 1 is 1.31 bits per heavy atom. The molecule has 0 aromatic carbocycles. The fraction of sp³-hybridized carbons (Fsp3) is 0.545. The first-order valence-electron chi connectivity index (χ1n) is 5.62. The third-order valence-corrected chi connectivity index (χ3v) is 2.09. The van der Waals surface area contributed by atoms with Crippen LogP contribution in [-0.2, 0) is 4.74 Å². The topological polar surface area (TPSA) is 72.2 Å². The van der Waals surface area contributed by atoms with Crippen LogP contribution in [0.2, 0.25) is 0 Å². The molecule has 0 atom stereocenters. The highest BCUT2D eigenvalue weighted by Crippen LogP contribution is 2.06. The van der Waals surface area contributed by atoms with Crippen molar-refractivity contribution >= 4 is 11.6 Å². The van der Waals surface area contributed by atoms with E-state index in [1.54, 1.807) is 0 Å². The van der Waals surface area contributed by atoms with Gasteiger partial charge in [0.2, 0.25) is 0 Å². The number of nitrogens with zero attached hydrogens (tertiary/aromatic N) is 1. The normalized spacial score (nSPS) is 10.1. The number of nitrogens with one attached hydrogen (secondary N) is 2. The average molecular weight is 224 g/mol. The van der Waals surface area contributed by atoms with Crippen LogP contribution in [0.1, 0.15) is 19.8 Å². The zero-order chi connectivity index (χ0) is 11.6. The van der Waals surface area contributed by atoms with E-state index < -0.39 is 0 Å². The van der Waals surface area contributed by atoms with Crippen molar-refractivity contribution < 1.29 is 4.74 Å². The summed E-state index contributed by atoms with van der Waals surface area (Å²) in [6.07, 6.45) is 2.28. The van der Waals surface area contributed by atoms with Crippen LogP contribution in [0, 0.1) is 0 Å². The minimum atomic E-state index is 0.650. The van der Waals surface area contributed by atoms with Crippen LogP contribution in [0.4, 0.5) is 11.6 Å². The Morgan fingerprint density at radius 3 is 2.88 bits per heavy atom. The van der Waals surface area contributed by atoms with Crippen molar-refractivity contribution in [1.29, 1.82) is 0 Å². The second kappa shape index (κ2) is 7.90. The van der Waals surface area contributed by atoms with Crippen molar-refractivity contribution in [2.45, 2.75) is 19.8 Å².